The van der Waals surface area contributed by atoms with Gasteiger partial charge in [-0.15, -0.1) is 0 Å². The highest BCUT2D eigenvalue weighted by Gasteiger charge is 2.12. The quantitative estimate of drug-likeness (QED) is 0.782. The SMILES string of the molecule is Cc1cc(C(N)c2cnn(-c3ccccc3)c2)ccc1Br. The van der Waals surface area contributed by atoms with Gasteiger partial charge in [0.05, 0.1) is 17.9 Å². The molecule has 0 bridgehead atoms. The summed E-state index contributed by atoms with van der Waals surface area (Å²) in [6.45, 7) is 2.06. The maximum atomic E-state index is 6.36. The van der Waals surface area contributed by atoms with Crippen LogP contribution in [0.25, 0.3) is 5.69 Å². The van der Waals surface area contributed by atoms with Crippen molar-refractivity contribution in [3.8, 4) is 5.69 Å². The zero-order chi connectivity index (χ0) is 14.8. The lowest BCUT2D eigenvalue weighted by molar-refractivity contribution is 0.860. The minimum Gasteiger partial charge on any atom is -0.320 e. The predicted molar refractivity (Wildman–Crippen MR) is 88.5 cm³/mol. The number of aryl methyl sites for hydroxylation is 1. The molecule has 0 saturated carbocycles. The molecule has 1 atom stereocenters. The van der Waals surface area contributed by atoms with Gasteiger partial charge in [0, 0.05) is 16.2 Å². The molecule has 106 valence electrons. The molecule has 0 saturated heterocycles. The van der Waals surface area contributed by atoms with E-state index in [-0.39, 0.29) is 6.04 Å². The van der Waals surface area contributed by atoms with Crippen molar-refractivity contribution in [2.75, 3.05) is 0 Å². The maximum absolute atomic E-state index is 6.36. The first kappa shape index (κ1) is 14.0. The molecule has 4 heteroatoms. The largest absolute Gasteiger partial charge is 0.320 e. The van der Waals surface area contributed by atoms with Crippen LogP contribution in [0.1, 0.15) is 22.7 Å². The molecule has 3 rings (SSSR count). The van der Waals surface area contributed by atoms with Crippen molar-refractivity contribution in [2.24, 2.45) is 5.73 Å². The van der Waals surface area contributed by atoms with Gasteiger partial charge < -0.3 is 5.73 Å². The van der Waals surface area contributed by atoms with Crippen LogP contribution in [0.5, 0.6) is 0 Å². The Bertz CT molecular complexity index is 750. The minimum absolute atomic E-state index is 0.172. The fourth-order valence-electron chi connectivity index (χ4n) is 2.27. The van der Waals surface area contributed by atoms with Gasteiger partial charge in [0.15, 0.2) is 0 Å². The lowest BCUT2D eigenvalue weighted by Gasteiger charge is -2.11. The van der Waals surface area contributed by atoms with E-state index in [1.165, 1.54) is 5.56 Å². The van der Waals surface area contributed by atoms with Crippen LogP contribution in [0.3, 0.4) is 0 Å². The molecule has 3 nitrogen and oxygen atoms in total. The molecule has 2 aromatic carbocycles. The molecule has 0 aliphatic heterocycles. The predicted octanol–water partition coefficient (Wildman–Crippen LogP) is 3.99. The maximum Gasteiger partial charge on any atom is 0.0645 e. The van der Waals surface area contributed by atoms with Crippen LogP contribution in [0, 0.1) is 6.92 Å². The monoisotopic (exact) mass is 341 g/mol. The zero-order valence-electron chi connectivity index (χ0n) is 11.7. The zero-order valence-corrected chi connectivity index (χ0v) is 13.3. The van der Waals surface area contributed by atoms with E-state index in [4.69, 9.17) is 5.73 Å². The topological polar surface area (TPSA) is 43.8 Å². The van der Waals surface area contributed by atoms with Gasteiger partial charge in [0.25, 0.3) is 0 Å². The number of benzene rings is 2. The second-order valence-corrected chi connectivity index (χ2v) is 5.89. The fourth-order valence-corrected chi connectivity index (χ4v) is 2.52. The van der Waals surface area contributed by atoms with Crippen molar-refractivity contribution < 1.29 is 0 Å². The molecule has 1 aromatic heterocycles. The van der Waals surface area contributed by atoms with Crippen molar-refractivity contribution in [2.45, 2.75) is 13.0 Å². The standard InChI is InChI=1S/C17H16BrN3/c1-12-9-13(7-8-16(12)18)17(19)14-10-20-21(11-14)15-5-3-2-4-6-15/h2-11,17H,19H2,1H3. The average molecular weight is 342 g/mol. The van der Waals surface area contributed by atoms with Crippen LogP contribution in [0.15, 0.2) is 65.4 Å². The molecule has 0 radical (unpaired) electrons. The van der Waals surface area contributed by atoms with Crippen molar-refractivity contribution in [3.05, 3.63) is 82.1 Å². The van der Waals surface area contributed by atoms with Gasteiger partial charge in [-0.1, -0.05) is 46.3 Å². The Morgan fingerprint density at radius 3 is 2.57 bits per heavy atom. The van der Waals surface area contributed by atoms with E-state index in [1.807, 2.05) is 59.5 Å². The van der Waals surface area contributed by atoms with E-state index < -0.39 is 0 Å². The second kappa shape index (κ2) is 5.84. The lowest BCUT2D eigenvalue weighted by atomic mass is 10.0. The van der Waals surface area contributed by atoms with Crippen LogP contribution in [0.2, 0.25) is 0 Å². The molecule has 0 aliphatic carbocycles. The molecular weight excluding hydrogens is 326 g/mol. The summed E-state index contributed by atoms with van der Waals surface area (Å²) in [6.07, 6.45) is 3.81. The molecule has 0 aliphatic rings. The van der Waals surface area contributed by atoms with Crippen LogP contribution in [0.4, 0.5) is 0 Å². The summed E-state index contributed by atoms with van der Waals surface area (Å²) in [4.78, 5) is 0. The number of aromatic nitrogens is 2. The van der Waals surface area contributed by atoms with Crippen molar-refractivity contribution in [1.82, 2.24) is 9.78 Å². The normalized spacial score (nSPS) is 12.3. The van der Waals surface area contributed by atoms with Crippen molar-refractivity contribution >= 4 is 15.9 Å². The van der Waals surface area contributed by atoms with Gasteiger partial charge in [-0.05, 0) is 36.2 Å². The Kier molecular flexibility index (Phi) is 3.90. The van der Waals surface area contributed by atoms with Gasteiger partial charge in [-0.3, -0.25) is 0 Å². The summed E-state index contributed by atoms with van der Waals surface area (Å²) < 4.78 is 2.94. The first-order valence-corrected chi connectivity index (χ1v) is 7.56. The van der Waals surface area contributed by atoms with Crippen molar-refractivity contribution in [3.63, 3.8) is 0 Å². The fraction of sp³-hybridized carbons (Fsp3) is 0.118. The van der Waals surface area contributed by atoms with Gasteiger partial charge in [0.2, 0.25) is 0 Å². The number of hydrogen-bond acceptors (Lipinski definition) is 2. The van der Waals surface area contributed by atoms with Gasteiger partial charge in [-0.2, -0.15) is 5.10 Å². The Balaban J connectivity index is 1.90. The Morgan fingerprint density at radius 1 is 1.10 bits per heavy atom. The van der Waals surface area contributed by atoms with Gasteiger partial charge in [0.1, 0.15) is 0 Å². The molecular formula is C17H16BrN3. The van der Waals surface area contributed by atoms with E-state index in [0.29, 0.717) is 0 Å². The smallest absolute Gasteiger partial charge is 0.0645 e. The number of hydrogen-bond donors (Lipinski definition) is 1. The van der Waals surface area contributed by atoms with Gasteiger partial charge >= 0.3 is 0 Å². The Hall–Kier alpha value is -1.91. The van der Waals surface area contributed by atoms with Crippen molar-refractivity contribution in [1.29, 1.82) is 0 Å². The second-order valence-electron chi connectivity index (χ2n) is 5.04. The number of nitrogens with two attached hydrogens (primary N) is 1. The average Bonchev–Trinajstić information content (AvgIpc) is 3.00. The van der Waals surface area contributed by atoms with E-state index in [2.05, 4.69) is 34.0 Å². The molecule has 0 fully saturated rings. The minimum atomic E-state index is -0.172. The summed E-state index contributed by atoms with van der Waals surface area (Å²) >= 11 is 3.51. The van der Waals surface area contributed by atoms with Gasteiger partial charge in [-0.25, -0.2) is 4.68 Å². The van der Waals surface area contributed by atoms with Crippen LogP contribution < -0.4 is 5.73 Å². The highest BCUT2D eigenvalue weighted by Crippen LogP contribution is 2.24. The molecule has 0 amide bonds. The summed E-state index contributed by atoms with van der Waals surface area (Å²) in [5.74, 6) is 0. The molecule has 2 N–H and O–H groups in total. The Morgan fingerprint density at radius 2 is 1.86 bits per heavy atom. The third-order valence-corrected chi connectivity index (χ3v) is 4.41. The molecule has 1 heterocycles. The van der Waals surface area contributed by atoms with Crippen LogP contribution in [-0.2, 0) is 0 Å². The van der Waals surface area contributed by atoms with E-state index >= 15 is 0 Å². The third-order valence-electron chi connectivity index (χ3n) is 3.52. The summed E-state index contributed by atoms with van der Waals surface area (Å²) in [6, 6.07) is 16.0. The first-order chi connectivity index (χ1) is 10.1. The number of nitrogens with zero attached hydrogens (tertiary/aromatic N) is 2. The van der Waals surface area contributed by atoms with Crippen LogP contribution in [-0.4, -0.2) is 9.78 Å². The first-order valence-electron chi connectivity index (χ1n) is 6.77. The summed E-state index contributed by atoms with van der Waals surface area (Å²) in [7, 11) is 0. The highest BCUT2D eigenvalue weighted by molar-refractivity contribution is 9.10. The summed E-state index contributed by atoms with van der Waals surface area (Å²) in [5, 5.41) is 4.40. The van der Waals surface area contributed by atoms with Crippen LogP contribution >= 0.6 is 15.9 Å². The number of rotatable bonds is 3. The Labute approximate surface area is 132 Å². The molecule has 3 aromatic rings. The molecule has 21 heavy (non-hydrogen) atoms. The third kappa shape index (κ3) is 2.91. The lowest BCUT2D eigenvalue weighted by Crippen LogP contribution is -2.11. The number of para-hydroxylation sites is 1. The van der Waals surface area contributed by atoms with E-state index in [9.17, 15) is 0 Å². The molecule has 1 unspecified atom stereocenters. The number of halogens is 1. The molecule has 0 spiro atoms. The summed E-state index contributed by atoms with van der Waals surface area (Å²) in [5.41, 5.74) is 10.7. The van der Waals surface area contributed by atoms with E-state index in [0.717, 1.165) is 21.3 Å². The highest BCUT2D eigenvalue weighted by atomic mass is 79.9. The van der Waals surface area contributed by atoms with E-state index in [1.54, 1.807) is 0 Å².